The summed E-state index contributed by atoms with van der Waals surface area (Å²) in [4.78, 5) is 23.2. The number of nitrogens with two attached hydrogens (primary N) is 1. The molecule has 0 fully saturated rings. The fourth-order valence-corrected chi connectivity index (χ4v) is 2.90. The van der Waals surface area contributed by atoms with Gasteiger partial charge < -0.3 is 16.2 Å². The number of nitriles is 1. The molecule has 0 amide bonds. The standard InChI is InChI=1S/C18H18N8O2/c1-9-16(10(2)26(3)25-9)14-4-12(13(5-19)17(20)24-14)11-6-21-18(22-7-11)23-8-15(27)28/h4,6-7H,8H2,1-3H3,(H2,20,24)(H,27,28)(H,21,22,23). The third kappa shape index (κ3) is 3.45. The monoisotopic (exact) mass is 378 g/mol. The van der Waals surface area contributed by atoms with Gasteiger partial charge in [-0.05, 0) is 19.9 Å². The summed E-state index contributed by atoms with van der Waals surface area (Å²) in [5.74, 6) is -0.746. The van der Waals surface area contributed by atoms with Crippen LogP contribution < -0.4 is 11.1 Å². The molecule has 0 aromatic carbocycles. The molecule has 3 aromatic rings. The molecule has 3 heterocycles. The highest BCUT2D eigenvalue weighted by molar-refractivity contribution is 5.80. The van der Waals surface area contributed by atoms with Crippen LogP contribution in [0.2, 0.25) is 0 Å². The van der Waals surface area contributed by atoms with Gasteiger partial charge in [-0.25, -0.2) is 15.0 Å². The molecular weight excluding hydrogens is 360 g/mol. The lowest BCUT2D eigenvalue weighted by atomic mass is 10.00. The number of aromatic nitrogens is 5. The zero-order chi connectivity index (χ0) is 20.4. The number of rotatable bonds is 5. The molecule has 0 atom stereocenters. The summed E-state index contributed by atoms with van der Waals surface area (Å²) in [6, 6.07) is 3.83. The summed E-state index contributed by atoms with van der Waals surface area (Å²) < 4.78 is 1.76. The second-order valence-corrected chi connectivity index (χ2v) is 6.14. The van der Waals surface area contributed by atoms with E-state index in [9.17, 15) is 10.1 Å². The Balaban J connectivity index is 2.09. The van der Waals surface area contributed by atoms with E-state index in [-0.39, 0.29) is 23.9 Å². The molecule has 142 valence electrons. The van der Waals surface area contributed by atoms with Crippen molar-refractivity contribution < 1.29 is 9.90 Å². The molecule has 0 unspecified atom stereocenters. The van der Waals surface area contributed by atoms with E-state index in [1.54, 1.807) is 10.7 Å². The molecule has 3 aromatic heterocycles. The topological polar surface area (TPSA) is 156 Å². The van der Waals surface area contributed by atoms with Crippen molar-refractivity contribution in [2.24, 2.45) is 7.05 Å². The Hall–Kier alpha value is -4.00. The predicted molar refractivity (Wildman–Crippen MR) is 102 cm³/mol. The van der Waals surface area contributed by atoms with Crippen LogP contribution in [0, 0.1) is 25.2 Å². The molecule has 0 aliphatic carbocycles. The largest absolute Gasteiger partial charge is 0.480 e. The average Bonchev–Trinajstić information content (AvgIpc) is 2.91. The third-order valence-corrected chi connectivity index (χ3v) is 4.28. The van der Waals surface area contributed by atoms with Gasteiger partial charge in [0.05, 0.1) is 11.4 Å². The quantitative estimate of drug-likeness (QED) is 0.598. The first-order valence-electron chi connectivity index (χ1n) is 8.31. The molecule has 10 heteroatoms. The van der Waals surface area contributed by atoms with E-state index in [0.717, 1.165) is 17.0 Å². The smallest absolute Gasteiger partial charge is 0.322 e. The van der Waals surface area contributed by atoms with Crippen LogP contribution in [-0.2, 0) is 11.8 Å². The van der Waals surface area contributed by atoms with Crippen LogP contribution in [0.3, 0.4) is 0 Å². The maximum atomic E-state index is 10.6. The van der Waals surface area contributed by atoms with E-state index < -0.39 is 5.97 Å². The molecule has 0 bridgehead atoms. The normalized spacial score (nSPS) is 10.5. The van der Waals surface area contributed by atoms with Gasteiger partial charge in [0.15, 0.2) is 0 Å². The number of nitrogen functional groups attached to an aromatic ring is 1. The van der Waals surface area contributed by atoms with Crippen molar-refractivity contribution >= 4 is 17.7 Å². The van der Waals surface area contributed by atoms with Gasteiger partial charge in [-0.3, -0.25) is 9.48 Å². The van der Waals surface area contributed by atoms with Gasteiger partial charge in [0.1, 0.15) is 24.0 Å². The fraction of sp³-hybridized carbons (Fsp3) is 0.222. The molecule has 0 saturated carbocycles. The number of pyridine rings is 1. The van der Waals surface area contributed by atoms with E-state index in [4.69, 9.17) is 10.8 Å². The van der Waals surface area contributed by atoms with Crippen LogP contribution in [0.4, 0.5) is 11.8 Å². The van der Waals surface area contributed by atoms with Crippen molar-refractivity contribution in [3.05, 3.63) is 35.4 Å². The van der Waals surface area contributed by atoms with Gasteiger partial charge in [-0.1, -0.05) is 0 Å². The minimum absolute atomic E-state index is 0.103. The van der Waals surface area contributed by atoms with Crippen LogP contribution in [0.5, 0.6) is 0 Å². The highest BCUT2D eigenvalue weighted by atomic mass is 16.4. The number of anilines is 2. The summed E-state index contributed by atoms with van der Waals surface area (Å²) in [6.45, 7) is 3.51. The zero-order valence-electron chi connectivity index (χ0n) is 15.6. The Kier molecular flexibility index (Phi) is 4.91. The lowest BCUT2D eigenvalue weighted by Gasteiger charge is -2.10. The Morgan fingerprint density at radius 2 is 2.04 bits per heavy atom. The number of hydrogen-bond donors (Lipinski definition) is 3. The minimum atomic E-state index is -1.02. The molecule has 0 saturated heterocycles. The molecule has 28 heavy (non-hydrogen) atoms. The van der Waals surface area contributed by atoms with Crippen molar-refractivity contribution in [3.63, 3.8) is 0 Å². The van der Waals surface area contributed by atoms with Crippen molar-refractivity contribution in [3.8, 4) is 28.5 Å². The van der Waals surface area contributed by atoms with Crippen LogP contribution in [-0.4, -0.2) is 42.4 Å². The summed E-state index contributed by atoms with van der Waals surface area (Å²) in [6.07, 6.45) is 3.00. The van der Waals surface area contributed by atoms with Crippen LogP contribution in [0.15, 0.2) is 18.5 Å². The number of hydrogen-bond acceptors (Lipinski definition) is 8. The van der Waals surface area contributed by atoms with E-state index in [0.29, 0.717) is 16.8 Å². The van der Waals surface area contributed by atoms with E-state index in [1.165, 1.54) is 12.4 Å². The molecule has 0 spiro atoms. The molecule has 10 nitrogen and oxygen atoms in total. The van der Waals surface area contributed by atoms with Crippen molar-refractivity contribution in [2.45, 2.75) is 13.8 Å². The Morgan fingerprint density at radius 3 is 2.57 bits per heavy atom. The average molecular weight is 378 g/mol. The number of carboxylic acid groups (broad SMARTS) is 1. The van der Waals surface area contributed by atoms with Crippen LogP contribution >= 0.6 is 0 Å². The SMILES string of the molecule is Cc1nn(C)c(C)c1-c1cc(-c2cnc(NCC(=O)O)nc2)c(C#N)c(N)n1. The number of aryl methyl sites for hydroxylation is 2. The fourth-order valence-electron chi connectivity index (χ4n) is 2.90. The first kappa shape index (κ1) is 18.8. The van der Waals surface area contributed by atoms with Gasteiger partial charge >= 0.3 is 5.97 Å². The Labute approximate surface area is 160 Å². The van der Waals surface area contributed by atoms with Gasteiger partial charge in [0.25, 0.3) is 0 Å². The highest BCUT2D eigenvalue weighted by Crippen LogP contribution is 2.33. The lowest BCUT2D eigenvalue weighted by molar-refractivity contribution is -0.134. The number of nitrogens with one attached hydrogen (secondary N) is 1. The minimum Gasteiger partial charge on any atom is -0.480 e. The summed E-state index contributed by atoms with van der Waals surface area (Å²) in [5.41, 5.74) is 10.5. The number of nitrogens with zero attached hydrogens (tertiary/aromatic N) is 6. The number of aliphatic carboxylic acids is 1. The summed E-state index contributed by atoms with van der Waals surface area (Å²) >= 11 is 0. The first-order chi connectivity index (χ1) is 13.3. The maximum Gasteiger partial charge on any atom is 0.322 e. The molecule has 4 N–H and O–H groups in total. The summed E-state index contributed by atoms with van der Waals surface area (Å²) in [7, 11) is 1.84. The summed E-state index contributed by atoms with van der Waals surface area (Å²) in [5, 5.41) is 25.2. The predicted octanol–water partition coefficient (Wildman–Crippen LogP) is 1.51. The number of carboxylic acids is 1. The zero-order valence-corrected chi connectivity index (χ0v) is 15.6. The molecule has 0 radical (unpaired) electrons. The van der Waals surface area contributed by atoms with Gasteiger partial charge in [0, 0.05) is 41.8 Å². The van der Waals surface area contributed by atoms with Crippen molar-refractivity contribution in [1.82, 2.24) is 24.7 Å². The number of carbonyl (C=O) groups is 1. The second-order valence-electron chi connectivity index (χ2n) is 6.14. The third-order valence-electron chi connectivity index (χ3n) is 4.28. The van der Waals surface area contributed by atoms with Crippen molar-refractivity contribution in [1.29, 1.82) is 5.26 Å². The maximum absolute atomic E-state index is 10.6. The first-order valence-corrected chi connectivity index (χ1v) is 8.31. The van der Waals surface area contributed by atoms with E-state index in [2.05, 4.69) is 31.4 Å². The molecule has 3 rings (SSSR count). The molecule has 0 aliphatic heterocycles. The Morgan fingerprint density at radius 1 is 1.36 bits per heavy atom. The van der Waals surface area contributed by atoms with Gasteiger partial charge in [-0.2, -0.15) is 10.4 Å². The second kappa shape index (κ2) is 7.32. The van der Waals surface area contributed by atoms with Crippen molar-refractivity contribution in [2.75, 3.05) is 17.6 Å². The molecule has 0 aliphatic rings. The lowest BCUT2D eigenvalue weighted by Crippen LogP contribution is -2.14. The molecular formula is C18H18N8O2. The Bertz CT molecular complexity index is 1100. The van der Waals surface area contributed by atoms with E-state index >= 15 is 0 Å². The highest BCUT2D eigenvalue weighted by Gasteiger charge is 2.18. The van der Waals surface area contributed by atoms with Gasteiger partial charge in [-0.15, -0.1) is 0 Å². The van der Waals surface area contributed by atoms with Crippen LogP contribution in [0.1, 0.15) is 17.0 Å². The van der Waals surface area contributed by atoms with E-state index in [1.807, 2.05) is 20.9 Å². The van der Waals surface area contributed by atoms with Crippen LogP contribution in [0.25, 0.3) is 22.4 Å². The van der Waals surface area contributed by atoms with Gasteiger partial charge in [0.2, 0.25) is 5.95 Å².